The smallest absolute Gasteiger partial charge is 0.340 e. The Morgan fingerprint density at radius 1 is 0.667 bits per heavy atom. The molecule has 0 aliphatic carbocycles. The van der Waals surface area contributed by atoms with Crippen molar-refractivity contribution in [1.82, 2.24) is 26.3 Å². The molecule has 3 amide bonds. The fraction of sp³-hybridized carbons (Fsp3) is 0.578. The van der Waals surface area contributed by atoms with E-state index in [9.17, 15) is 24.0 Å². The number of methoxy groups -OCH3 is 1. The van der Waals surface area contributed by atoms with Gasteiger partial charge in [0.25, 0.3) is 5.91 Å². The highest BCUT2D eigenvalue weighted by Gasteiger charge is 2.16. The van der Waals surface area contributed by atoms with Gasteiger partial charge in [-0.15, -0.1) is 0 Å². The number of fused-ring (bicyclic) bond motifs is 2. The van der Waals surface area contributed by atoms with E-state index in [1.54, 1.807) is 50.4 Å². The number of carbonyl (C=O) groups is 4. The van der Waals surface area contributed by atoms with Gasteiger partial charge in [0.15, 0.2) is 0 Å². The lowest BCUT2D eigenvalue weighted by Crippen LogP contribution is -2.29. The average Bonchev–Trinajstić information content (AvgIpc) is 3.80. The molecule has 21 heteroatoms. The Bertz CT molecular complexity index is 2080. The molecule has 0 aliphatic rings. The van der Waals surface area contributed by atoms with E-state index in [-0.39, 0.29) is 43.1 Å². The third kappa shape index (κ3) is 22.6. The second kappa shape index (κ2) is 33.9. The van der Waals surface area contributed by atoms with Crippen molar-refractivity contribution in [2.24, 2.45) is 0 Å². The van der Waals surface area contributed by atoms with Gasteiger partial charge in [0.1, 0.15) is 16.6 Å². The summed E-state index contributed by atoms with van der Waals surface area (Å²) in [5.41, 5.74) is 3.05. The Balaban J connectivity index is 0.000000512. The average molecular weight is 931 g/mol. The molecular formula is C45H66N6O15. The number of aryl methyl sites for hydroxylation is 1. The standard InChI is InChI=1S/C32H40N6O9.C13H26O6/c1-21-24-7-6-23(36-20-30(40)33-2)18-28(24)46-32(42)25(21)19-29(39)34-9-3-11-43-13-15-45-16-14-44-12-4-10-35-31(41)22-5-8-26-27(17-22)38-47-37-26;1-3-5-16-7-9-18-11-12-19-10-8-17-6-4-13(14)15-2/h5-8,17-18,36H,3-4,9-16,19-20H2,1-2H3,(H,33,40)(H,34,39)(H,35,41);3-12H2,1-2H3. The fourth-order valence-corrected chi connectivity index (χ4v) is 5.71. The van der Waals surface area contributed by atoms with Crippen LogP contribution in [0.15, 0.2) is 50.2 Å². The first-order valence-corrected chi connectivity index (χ1v) is 22.1. The Morgan fingerprint density at radius 2 is 1.24 bits per heavy atom. The van der Waals surface area contributed by atoms with Crippen LogP contribution in [-0.4, -0.2) is 160 Å². The molecule has 4 N–H and O–H groups in total. The molecule has 66 heavy (non-hydrogen) atoms. The first kappa shape index (κ1) is 54.8. The maximum Gasteiger partial charge on any atom is 0.340 e. The Morgan fingerprint density at radius 3 is 1.85 bits per heavy atom. The van der Waals surface area contributed by atoms with Gasteiger partial charge in [0.2, 0.25) is 11.8 Å². The van der Waals surface area contributed by atoms with Crippen LogP contribution in [0.25, 0.3) is 22.0 Å². The van der Waals surface area contributed by atoms with Gasteiger partial charge in [0.05, 0.1) is 105 Å². The summed E-state index contributed by atoms with van der Waals surface area (Å²) >= 11 is 0. The molecule has 21 nitrogen and oxygen atoms in total. The normalized spacial score (nSPS) is 11.0. The number of rotatable bonds is 34. The number of amides is 3. The fourth-order valence-electron chi connectivity index (χ4n) is 5.71. The Labute approximate surface area is 384 Å². The highest BCUT2D eigenvalue weighted by atomic mass is 16.6. The van der Waals surface area contributed by atoms with Crippen LogP contribution in [0.1, 0.15) is 54.1 Å². The van der Waals surface area contributed by atoms with Crippen LogP contribution in [0.5, 0.6) is 0 Å². The molecule has 0 bridgehead atoms. The number of esters is 1. The summed E-state index contributed by atoms with van der Waals surface area (Å²) in [5, 5.41) is 19.3. The van der Waals surface area contributed by atoms with Crippen molar-refractivity contribution < 1.29 is 66.1 Å². The first-order valence-electron chi connectivity index (χ1n) is 22.1. The molecule has 0 radical (unpaired) electrons. The van der Waals surface area contributed by atoms with Crippen molar-refractivity contribution in [2.75, 3.05) is 132 Å². The number of hydrogen-bond acceptors (Lipinski definition) is 18. The molecule has 0 saturated heterocycles. The summed E-state index contributed by atoms with van der Waals surface area (Å²) < 4.78 is 52.2. The van der Waals surface area contributed by atoms with E-state index < -0.39 is 5.63 Å². The predicted molar refractivity (Wildman–Crippen MR) is 243 cm³/mol. The van der Waals surface area contributed by atoms with Crippen molar-refractivity contribution in [3.63, 3.8) is 0 Å². The van der Waals surface area contributed by atoms with E-state index in [4.69, 9.17) is 37.6 Å². The largest absolute Gasteiger partial charge is 0.469 e. The summed E-state index contributed by atoms with van der Waals surface area (Å²) in [6, 6.07) is 10.2. The van der Waals surface area contributed by atoms with E-state index in [0.29, 0.717) is 151 Å². The highest BCUT2D eigenvalue weighted by molar-refractivity contribution is 5.97. The lowest BCUT2D eigenvalue weighted by Gasteiger charge is -2.11. The van der Waals surface area contributed by atoms with Crippen molar-refractivity contribution in [1.29, 1.82) is 0 Å². The topological polar surface area (TPSA) is 259 Å². The van der Waals surface area contributed by atoms with Crippen molar-refractivity contribution in [2.45, 2.75) is 46.0 Å². The molecule has 2 aromatic carbocycles. The van der Waals surface area contributed by atoms with E-state index >= 15 is 0 Å². The molecule has 0 saturated carbocycles. The van der Waals surface area contributed by atoms with Crippen LogP contribution in [0.2, 0.25) is 0 Å². The summed E-state index contributed by atoms with van der Waals surface area (Å²) in [6.45, 7) is 11.9. The number of hydrogen-bond donors (Lipinski definition) is 4. The quantitative estimate of drug-likeness (QED) is 0.0298. The van der Waals surface area contributed by atoms with Crippen LogP contribution in [0, 0.1) is 6.92 Å². The van der Waals surface area contributed by atoms with Gasteiger partial charge >= 0.3 is 11.6 Å². The summed E-state index contributed by atoms with van der Waals surface area (Å²) in [6.07, 6.45) is 2.48. The number of nitrogens with one attached hydrogen (secondary N) is 4. The summed E-state index contributed by atoms with van der Waals surface area (Å²) in [5.74, 6) is -0.914. The number of likely N-dealkylation sites (N-methyl/N-ethyl adjacent to an activating group) is 1. The number of nitrogens with zero attached hydrogens (tertiary/aromatic N) is 2. The molecule has 0 unspecified atom stereocenters. The van der Waals surface area contributed by atoms with Gasteiger partial charge in [-0.2, -0.15) is 0 Å². The van der Waals surface area contributed by atoms with Crippen molar-refractivity contribution >= 4 is 51.4 Å². The molecule has 0 aliphatic heterocycles. The summed E-state index contributed by atoms with van der Waals surface area (Å²) in [7, 11) is 2.91. The van der Waals surface area contributed by atoms with E-state index in [1.807, 2.05) is 0 Å². The maximum atomic E-state index is 12.6. The lowest BCUT2D eigenvalue weighted by atomic mass is 10.0. The van der Waals surface area contributed by atoms with Gasteiger partial charge in [-0.25, -0.2) is 9.42 Å². The number of ether oxygens (including phenoxy) is 8. The highest BCUT2D eigenvalue weighted by Crippen LogP contribution is 2.23. The molecular weight excluding hydrogens is 865 g/mol. The third-order valence-electron chi connectivity index (χ3n) is 9.30. The third-order valence-corrected chi connectivity index (χ3v) is 9.30. The van der Waals surface area contributed by atoms with Gasteiger partial charge in [-0.05, 0) is 72.4 Å². The minimum atomic E-state index is -0.567. The minimum Gasteiger partial charge on any atom is -0.469 e. The van der Waals surface area contributed by atoms with Crippen molar-refractivity contribution in [3.8, 4) is 0 Å². The zero-order chi connectivity index (χ0) is 47.6. The molecule has 0 spiro atoms. The van der Waals surface area contributed by atoms with Crippen LogP contribution >= 0.6 is 0 Å². The molecule has 0 atom stereocenters. The molecule has 366 valence electrons. The zero-order valence-corrected chi connectivity index (χ0v) is 38.5. The molecule has 2 heterocycles. The van der Waals surface area contributed by atoms with Gasteiger partial charge in [-0.3, -0.25) is 19.2 Å². The van der Waals surface area contributed by atoms with E-state index in [1.165, 1.54) is 7.11 Å². The molecule has 4 aromatic rings. The molecule has 0 fully saturated rings. The lowest BCUT2D eigenvalue weighted by molar-refractivity contribution is -0.142. The number of carbonyl (C=O) groups excluding carboxylic acids is 4. The van der Waals surface area contributed by atoms with Crippen LogP contribution < -0.4 is 26.9 Å². The van der Waals surface area contributed by atoms with Gasteiger partial charge in [-0.1, -0.05) is 6.92 Å². The Hall–Kier alpha value is -5.55. The predicted octanol–water partition coefficient (Wildman–Crippen LogP) is 2.74. The maximum absolute atomic E-state index is 12.6. The second-order valence-corrected chi connectivity index (χ2v) is 14.3. The number of aromatic nitrogens is 2. The van der Waals surface area contributed by atoms with Crippen LogP contribution in [0.3, 0.4) is 0 Å². The number of benzene rings is 2. The first-order chi connectivity index (χ1) is 32.2. The minimum absolute atomic E-state index is 0.0917. The zero-order valence-electron chi connectivity index (χ0n) is 38.5. The van der Waals surface area contributed by atoms with Crippen LogP contribution in [0.4, 0.5) is 5.69 Å². The van der Waals surface area contributed by atoms with E-state index in [2.05, 4.69) is 47.9 Å². The SMILES string of the molecule is CCCOCCOCCOCCOCCC(=O)OC.CNC(=O)CNc1ccc2c(C)c(CC(=O)NCCCOCCOCCOCCCNC(=O)c3ccc4nonc4c3)c(=O)oc2c1. The molecule has 2 aromatic heterocycles. The van der Waals surface area contributed by atoms with Gasteiger partial charge in [0, 0.05) is 62.7 Å². The monoisotopic (exact) mass is 930 g/mol. The Kier molecular flexibility index (Phi) is 28.1. The van der Waals surface area contributed by atoms with Gasteiger partial charge < -0.3 is 63.6 Å². The van der Waals surface area contributed by atoms with Crippen LogP contribution in [-0.2, 0) is 58.7 Å². The number of anilines is 1. The van der Waals surface area contributed by atoms with Crippen molar-refractivity contribution in [3.05, 3.63) is 63.5 Å². The summed E-state index contributed by atoms with van der Waals surface area (Å²) in [4.78, 5) is 59.5. The second-order valence-electron chi connectivity index (χ2n) is 14.3. The molecule has 4 rings (SSSR count). The van der Waals surface area contributed by atoms with E-state index in [0.717, 1.165) is 18.4 Å².